The predicted octanol–water partition coefficient (Wildman–Crippen LogP) is 2.81. The molecular formula is C19H24N2O3. The van der Waals surface area contributed by atoms with Crippen molar-refractivity contribution < 1.29 is 14.3 Å². The number of methoxy groups -OCH3 is 2. The molecule has 0 bridgehead atoms. The van der Waals surface area contributed by atoms with Crippen LogP contribution in [0.1, 0.15) is 22.3 Å². The van der Waals surface area contributed by atoms with E-state index in [9.17, 15) is 4.79 Å². The van der Waals surface area contributed by atoms with Gasteiger partial charge in [-0.2, -0.15) is 0 Å². The van der Waals surface area contributed by atoms with Gasteiger partial charge in [-0.1, -0.05) is 30.3 Å². The molecule has 24 heavy (non-hydrogen) atoms. The smallest absolute Gasteiger partial charge is 0.259 e. The molecule has 0 saturated heterocycles. The van der Waals surface area contributed by atoms with E-state index >= 15 is 0 Å². The van der Waals surface area contributed by atoms with Crippen LogP contribution in [0.3, 0.4) is 0 Å². The average molecular weight is 328 g/mol. The van der Waals surface area contributed by atoms with E-state index in [0.717, 1.165) is 12.8 Å². The van der Waals surface area contributed by atoms with Gasteiger partial charge in [0.05, 0.1) is 13.7 Å². The van der Waals surface area contributed by atoms with Crippen LogP contribution in [-0.2, 0) is 11.2 Å². The van der Waals surface area contributed by atoms with Crippen molar-refractivity contribution in [2.45, 2.75) is 12.8 Å². The SMILES string of the molecule is COCCN(CCCc1ccccc1)C(=O)c1cccnc1OC. The largest absolute Gasteiger partial charge is 0.480 e. The number of aryl methyl sites for hydroxylation is 1. The Bertz CT molecular complexity index is 632. The molecular weight excluding hydrogens is 304 g/mol. The van der Waals surface area contributed by atoms with Gasteiger partial charge in [-0.05, 0) is 30.5 Å². The molecule has 0 fully saturated rings. The Kier molecular flexibility index (Phi) is 7.23. The summed E-state index contributed by atoms with van der Waals surface area (Å²) in [5, 5.41) is 0. The number of rotatable bonds is 9. The lowest BCUT2D eigenvalue weighted by Gasteiger charge is -2.23. The fourth-order valence-electron chi connectivity index (χ4n) is 2.52. The van der Waals surface area contributed by atoms with Crippen LogP contribution in [-0.4, -0.2) is 49.7 Å². The van der Waals surface area contributed by atoms with Gasteiger partial charge < -0.3 is 14.4 Å². The maximum absolute atomic E-state index is 12.8. The van der Waals surface area contributed by atoms with Gasteiger partial charge in [-0.25, -0.2) is 4.98 Å². The highest BCUT2D eigenvalue weighted by Gasteiger charge is 2.19. The molecule has 2 rings (SSSR count). The first-order chi connectivity index (χ1) is 11.8. The second-order valence-electron chi connectivity index (χ2n) is 5.43. The molecule has 0 N–H and O–H groups in total. The Morgan fingerprint density at radius 2 is 1.88 bits per heavy atom. The van der Waals surface area contributed by atoms with Gasteiger partial charge in [-0.15, -0.1) is 0 Å². The summed E-state index contributed by atoms with van der Waals surface area (Å²) in [5.41, 5.74) is 1.76. The van der Waals surface area contributed by atoms with Crippen molar-refractivity contribution in [2.75, 3.05) is 33.9 Å². The van der Waals surface area contributed by atoms with Crippen LogP contribution >= 0.6 is 0 Å². The van der Waals surface area contributed by atoms with Gasteiger partial charge in [-0.3, -0.25) is 4.79 Å². The summed E-state index contributed by atoms with van der Waals surface area (Å²) in [6, 6.07) is 13.8. The van der Waals surface area contributed by atoms with Crippen LogP contribution in [0.15, 0.2) is 48.7 Å². The zero-order valence-electron chi connectivity index (χ0n) is 14.3. The minimum atomic E-state index is -0.0786. The van der Waals surface area contributed by atoms with Crippen molar-refractivity contribution in [1.29, 1.82) is 0 Å². The molecule has 2 aromatic rings. The number of aromatic nitrogens is 1. The third-order valence-corrected chi connectivity index (χ3v) is 3.78. The highest BCUT2D eigenvalue weighted by Crippen LogP contribution is 2.16. The highest BCUT2D eigenvalue weighted by molar-refractivity contribution is 5.96. The van der Waals surface area contributed by atoms with Crippen molar-refractivity contribution in [3.05, 3.63) is 59.8 Å². The van der Waals surface area contributed by atoms with E-state index in [1.807, 2.05) is 18.2 Å². The number of hydrogen-bond acceptors (Lipinski definition) is 4. The first-order valence-electron chi connectivity index (χ1n) is 8.07. The Morgan fingerprint density at radius 1 is 1.08 bits per heavy atom. The van der Waals surface area contributed by atoms with Crippen molar-refractivity contribution >= 4 is 5.91 Å². The zero-order chi connectivity index (χ0) is 17.2. The monoisotopic (exact) mass is 328 g/mol. The quantitative estimate of drug-likeness (QED) is 0.710. The lowest BCUT2D eigenvalue weighted by atomic mass is 10.1. The second kappa shape index (κ2) is 9.67. The molecule has 1 amide bonds. The number of carbonyl (C=O) groups is 1. The number of carbonyl (C=O) groups excluding carboxylic acids is 1. The molecule has 0 aliphatic heterocycles. The molecule has 0 radical (unpaired) electrons. The van der Waals surface area contributed by atoms with E-state index < -0.39 is 0 Å². The first kappa shape index (κ1) is 17.9. The minimum Gasteiger partial charge on any atom is -0.480 e. The Morgan fingerprint density at radius 3 is 2.58 bits per heavy atom. The third-order valence-electron chi connectivity index (χ3n) is 3.78. The van der Waals surface area contributed by atoms with Crippen LogP contribution in [0.2, 0.25) is 0 Å². The topological polar surface area (TPSA) is 51.7 Å². The van der Waals surface area contributed by atoms with Gasteiger partial charge >= 0.3 is 0 Å². The van der Waals surface area contributed by atoms with Crippen LogP contribution in [0.5, 0.6) is 5.88 Å². The predicted molar refractivity (Wildman–Crippen MR) is 93.3 cm³/mol. The molecule has 128 valence electrons. The van der Waals surface area contributed by atoms with Crippen LogP contribution in [0.25, 0.3) is 0 Å². The molecule has 0 spiro atoms. The van der Waals surface area contributed by atoms with E-state index in [2.05, 4.69) is 17.1 Å². The van der Waals surface area contributed by atoms with Gasteiger partial charge in [0.15, 0.2) is 0 Å². The van der Waals surface area contributed by atoms with Crippen molar-refractivity contribution in [2.24, 2.45) is 0 Å². The molecule has 0 atom stereocenters. The lowest BCUT2D eigenvalue weighted by Crippen LogP contribution is -2.35. The average Bonchev–Trinajstić information content (AvgIpc) is 2.64. The summed E-state index contributed by atoms with van der Waals surface area (Å²) < 4.78 is 10.3. The first-order valence-corrected chi connectivity index (χ1v) is 8.07. The van der Waals surface area contributed by atoms with E-state index in [4.69, 9.17) is 9.47 Å². The normalized spacial score (nSPS) is 10.4. The summed E-state index contributed by atoms with van der Waals surface area (Å²) in [6.07, 6.45) is 3.44. The summed E-state index contributed by atoms with van der Waals surface area (Å²) in [7, 11) is 3.16. The van der Waals surface area contributed by atoms with E-state index in [-0.39, 0.29) is 5.91 Å². The minimum absolute atomic E-state index is 0.0786. The summed E-state index contributed by atoms with van der Waals surface area (Å²) in [5.74, 6) is 0.276. The third kappa shape index (κ3) is 5.06. The van der Waals surface area contributed by atoms with E-state index in [0.29, 0.717) is 31.1 Å². The molecule has 5 heteroatoms. The number of hydrogen-bond donors (Lipinski definition) is 0. The van der Waals surface area contributed by atoms with Crippen molar-refractivity contribution in [3.8, 4) is 5.88 Å². The number of amides is 1. The van der Waals surface area contributed by atoms with E-state index in [1.165, 1.54) is 12.7 Å². The maximum atomic E-state index is 12.8. The molecule has 1 aromatic heterocycles. The van der Waals surface area contributed by atoms with Crippen LogP contribution < -0.4 is 4.74 Å². The number of benzene rings is 1. The maximum Gasteiger partial charge on any atom is 0.259 e. The molecule has 0 aliphatic rings. The molecule has 0 aliphatic carbocycles. The molecule has 1 heterocycles. The fraction of sp³-hybridized carbons (Fsp3) is 0.368. The fourth-order valence-corrected chi connectivity index (χ4v) is 2.52. The van der Waals surface area contributed by atoms with Crippen molar-refractivity contribution in [1.82, 2.24) is 9.88 Å². The van der Waals surface area contributed by atoms with Gasteiger partial charge in [0.2, 0.25) is 5.88 Å². The van der Waals surface area contributed by atoms with Gasteiger partial charge in [0, 0.05) is 26.4 Å². The summed E-state index contributed by atoms with van der Waals surface area (Å²) in [6.45, 7) is 1.71. The number of nitrogens with zero attached hydrogens (tertiary/aromatic N) is 2. The number of ether oxygens (including phenoxy) is 2. The summed E-state index contributed by atoms with van der Waals surface area (Å²) >= 11 is 0. The van der Waals surface area contributed by atoms with Gasteiger partial charge in [0.25, 0.3) is 5.91 Å². The Hall–Kier alpha value is -2.40. The highest BCUT2D eigenvalue weighted by atomic mass is 16.5. The molecule has 1 aromatic carbocycles. The van der Waals surface area contributed by atoms with Gasteiger partial charge in [0.1, 0.15) is 5.56 Å². The summed E-state index contributed by atoms with van der Waals surface area (Å²) in [4.78, 5) is 18.7. The standard InChI is InChI=1S/C19H24N2O3/c1-23-15-14-21(13-7-10-16-8-4-3-5-9-16)19(22)17-11-6-12-20-18(17)24-2/h3-6,8-9,11-12H,7,10,13-15H2,1-2H3. The molecule has 0 saturated carbocycles. The zero-order valence-corrected chi connectivity index (χ0v) is 14.3. The van der Waals surface area contributed by atoms with E-state index in [1.54, 1.807) is 30.3 Å². The van der Waals surface area contributed by atoms with Crippen molar-refractivity contribution in [3.63, 3.8) is 0 Å². The van der Waals surface area contributed by atoms with Crippen LogP contribution in [0.4, 0.5) is 0 Å². The second-order valence-corrected chi connectivity index (χ2v) is 5.43. The lowest BCUT2D eigenvalue weighted by molar-refractivity contribution is 0.0689. The molecule has 5 nitrogen and oxygen atoms in total. The molecule has 0 unspecified atom stereocenters. The Labute approximate surface area is 143 Å². The van der Waals surface area contributed by atoms with Crippen LogP contribution in [0, 0.1) is 0 Å². The Balaban J connectivity index is 2.02. The number of pyridine rings is 1.